The first-order chi connectivity index (χ1) is 12.6. The lowest BCUT2D eigenvalue weighted by atomic mass is 10.1. The van der Waals surface area contributed by atoms with E-state index in [0.717, 1.165) is 36.8 Å². The third-order valence-corrected chi connectivity index (χ3v) is 6.76. The Labute approximate surface area is 161 Å². The van der Waals surface area contributed by atoms with Gasteiger partial charge < -0.3 is 4.90 Å². The predicted molar refractivity (Wildman–Crippen MR) is 105 cm³/mol. The highest BCUT2D eigenvalue weighted by Crippen LogP contribution is 2.31. The van der Waals surface area contributed by atoms with Crippen LogP contribution >= 0.6 is 15.9 Å². The van der Waals surface area contributed by atoms with E-state index in [1.165, 1.54) is 0 Å². The highest BCUT2D eigenvalue weighted by Gasteiger charge is 2.28. The number of fused-ring (bicyclic) bond motifs is 1. The predicted octanol–water partition coefficient (Wildman–Crippen LogP) is 4.22. The number of halogens is 1. The molecule has 0 N–H and O–H groups in total. The van der Waals surface area contributed by atoms with Crippen LogP contribution in [0.1, 0.15) is 19.3 Å². The summed E-state index contributed by atoms with van der Waals surface area (Å²) >= 11 is 3.35. The topological polar surface area (TPSA) is 63.2 Å². The molecule has 134 valence electrons. The van der Waals surface area contributed by atoms with E-state index in [0.29, 0.717) is 16.9 Å². The quantitative estimate of drug-likeness (QED) is 0.621. The van der Waals surface area contributed by atoms with Crippen molar-refractivity contribution in [2.75, 3.05) is 18.0 Å². The highest BCUT2D eigenvalue weighted by molar-refractivity contribution is 9.10. The first-order valence-electron chi connectivity index (χ1n) is 8.58. The molecule has 0 atom stereocenters. The molecular weight excluding hydrogens is 414 g/mol. The number of nitrogens with zero attached hydrogens (tertiary/aromatic N) is 3. The van der Waals surface area contributed by atoms with E-state index in [-0.39, 0.29) is 9.92 Å². The van der Waals surface area contributed by atoms with Gasteiger partial charge in [-0.1, -0.05) is 28.1 Å². The van der Waals surface area contributed by atoms with Gasteiger partial charge in [-0.15, -0.1) is 0 Å². The Hall–Kier alpha value is -1.99. The van der Waals surface area contributed by atoms with E-state index in [9.17, 15) is 8.42 Å². The second kappa shape index (κ2) is 6.96. The molecule has 0 bridgehead atoms. The van der Waals surface area contributed by atoms with Gasteiger partial charge in [0, 0.05) is 17.6 Å². The normalized spacial score (nSPS) is 15.3. The molecule has 3 aromatic rings. The van der Waals surface area contributed by atoms with Crippen LogP contribution in [0.3, 0.4) is 0 Å². The molecule has 26 heavy (non-hydrogen) atoms. The third kappa shape index (κ3) is 3.21. The van der Waals surface area contributed by atoms with Crippen LogP contribution < -0.4 is 4.90 Å². The van der Waals surface area contributed by atoms with Crippen LogP contribution in [0.4, 0.5) is 5.82 Å². The van der Waals surface area contributed by atoms with Crippen molar-refractivity contribution < 1.29 is 8.42 Å². The monoisotopic (exact) mass is 431 g/mol. The smallest absolute Gasteiger partial charge is 0.227 e. The Morgan fingerprint density at radius 2 is 1.46 bits per heavy atom. The lowest BCUT2D eigenvalue weighted by Gasteiger charge is -2.29. The maximum Gasteiger partial charge on any atom is 0.227 e. The van der Waals surface area contributed by atoms with E-state index in [2.05, 4.69) is 30.8 Å². The SMILES string of the molecule is O=S(=O)(c1ccc(Br)cc1)c1nc2ccccc2nc1N1CCCCC1. The van der Waals surface area contributed by atoms with Gasteiger partial charge in [0.1, 0.15) is 0 Å². The van der Waals surface area contributed by atoms with Crippen molar-refractivity contribution in [1.82, 2.24) is 9.97 Å². The Morgan fingerprint density at radius 1 is 0.846 bits per heavy atom. The molecular formula is C19H18BrN3O2S. The molecule has 5 nitrogen and oxygen atoms in total. The van der Waals surface area contributed by atoms with E-state index in [1.54, 1.807) is 30.3 Å². The molecule has 0 amide bonds. The molecule has 4 rings (SSSR count). The second-order valence-corrected chi connectivity index (χ2v) is 9.13. The van der Waals surface area contributed by atoms with Crippen molar-refractivity contribution in [2.24, 2.45) is 0 Å². The highest BCUT2D eigenvalue weighted by atomic mass is 79.9. The molecule has 2 heterocycles. The first kappa shape index (κ1) is 17.4. The van der Waals surface area contributed by atoms with Gasteiger partial charge in [0.05, 0.1) is 15.9 Å². The van der Waals surface area contributed by atoms with Crippen molar-refractivity contribution in [1.29, 1.82) is 0 Å². The summed E-state index contributed by atoms with van der Waals surface area (Å²) in [6.07, 6.45) is 3.23. The van der Waals surface area contributed by atoms with Gasteiger partial charge in [0.2, 0.25) is 14.9 Å². The first-order valence-corrected chi connectivity index (χ1v) is 10.9. The standard InChI is InChI=1S/C19H18BrN3O2S/c20-14-8-10-15(11-9-14)26(24,25)19-18(23-12-4-1-5-13-23)21-16-6-2-3-7-17(16)22-19/h2-3,6-11H,1,4-5,12-13H2. The number of rotatable bonds is 3. The maximum atomic E-state index is 13.3. The summed E-state index contributed by atoms with van der Waals surface area (Å²) in [4.78, 5) is 11.5. The van der Waals surface area contributed by atoms with Crippen LogP contribution in [0.2, 0.25) is 0 Å². The van der Waals surface area contributed by atoms with Crippen molar-refractivity contribution in [3.8, 4) is 0 Å². The van der Waals surface area contributed by atoms with Crippen molar-refractivity contribution in [3.63, 3.8) is 0 Å². The van der Waals surface area contributed by atoms with Gasteiger partial charge in [0.25, 0.3) is 0 Å². The number of aromatic nitrogens is 2. The zero-order valence-electron chi connectivity index (χ0n) is 14.1. The third-order valence-electron chi connectivity index (χ3n) is 4.56. The number of benzene rings is 2. The fourth-order valence-corrected chi connectivity index (χ4v) is 4.81. The van der Waals surface area contributed by atoms with Gasteiger partial charge in [-0.2, -0.15) is 0 Å². The molecule has 7 heteroatoms. The molecule has 1 aliphatic rings. The average Bonchev–Trinajstić information content (AvgIpc) is 2.68. The summed E-state index contributed by atoms with van der Waals surface area (Å²) in [5.41, 5.74) is 1.30. The summed E-state index contributed by atoms with van der Waals surface area (Å²) in [6.45, 7) is 1.60. The number of sulfone groups is 1. The van der Waals surface area contributed by atoms with Crippen LogP contribution in [0, 0.1) is 0 Å². The van der Waals surface area contributed by atoms with Gasteiger partial charge in [-0.05, 0) is 55.7 Å². The maximum absolute atomic E-state index is 13.3. The Balaban J connectivity index is 1.92. The van der Waals surface area contributed by atoms with Crippen LogP contribution in [0.5, 0.6) is 0 Å². The fourth-order valence-electron chi connectivity index (χ4n) is 3.19. The lowest BCUT2D eigenvalue weighted by molar-refractivity contribution is 0.563. The molecule has 0 radical (unpaired) electrons. The molecule has 0 saturated carbocycles. The second-order valence-electron chi connectivity index (χ2n) is 6.35. The minimum atomic E-state index is -3.76. The fraction of sp³-hybridized carbons (Fsp3) is 0.263. The summed E-state index contributed by atoms with van der Waals surface area (Å²) in [6, 6.07) is 14.0. The number of para-hydroxylation sites is 2. The summed E-state index contributed by atoms with van der Waals surface area (Å²) in [5.74, 6) is 0.464. The summed E-state index contributed by atoms with van der Waals surface area (Å²) in [5, 5.41) is 0.0421. The van der Waals surface area contributed by atoms with Crippen LogP contribution in [0.15, 0.2) is 62.9 Å². The van der Waals surface area contributed by atoms with Gasteiger partial charge in [-0.25, -0.2) is 18.4 Å². The van der Waals surface area contributed by atoms with E-state index >= 15 is 0 Å². The van der Waals surface area contributed by atoms with Crippen LogP contribution in [-0.2, 0) is 9.84 Å². The number of anilines is 1. The van der Waals surface area contributed by atoms with Crippen molar-refractivity contribution >= 4 is 42.6 Å². The van der Waals surface area contributed by atoms with Crippen LogP contribution in [0.25, 0.3) is 11.0 Å². The van der Waals surface area contributed by atoms with E-state index in [4.69, 9.17) is 0 Å². The summed E-state index contributed by atoms with van der Waals surface area (Å²) in [7, 11) is -3.76. The molecule has 2 aromatic carbocycles. The number of piperidine rings is 1. The molecule has 1 fully saturated rings. The lowest BCUT2D eigenvalue weighted by Crippen LogP contribution is -2.32. The van der Waals surface area contributed by atoms with Crippen LogP contribution in [-0.4, -0.2) is 31.5 Å². The summed E-state index contributed by atoms with van der Waals surface area (Å²) < 4.78 is 27.4. The number of hydrogen-bond donors (Lipinski definition) is 0. The minimum Gasteiger partial charge on any atom is -0.354 e. The zero-order chi connectivity index (χ0) is 18.1. The molecule has 0 aliphatic carbocycles. The Morgan fingerprint density at radius 3 is 2.12 bits per heavy atom. The van der Waals surface area contributed by atoms with Crippen molar-refractivity contribution in [3.05, 3.63) is 53.0 Å². The average molecular weight is 432 g/mol. The zero-order valence-corrected chi connectivity index (χ0v) is 16.5. The number of hydrogen-bond acceptors (Lipinski definition) is 5. The largest absolute Gasteiger partial charge is 0.354 e. The van der Waals surface area contributed by atoms with Gasteiger partial charge >= 0.3 is 0 Å². The molecule has 1 aliphatic heterocycles. The molecule has 0 unspecified atom stereocenters. The Bertz CT molecular complexity index is 1050. The van der Waals surface area contributed by atoms with Crippen molar-refractivity contribution in [2.45, 2.75) is 29.2 Å². The molecule has 0 spiro atoms. The molecule has 1 saturated heterocycles. The van der Waals surface area contributed by atoms with E-state index in [1.807, 2.05) is 18.2 Å². The Kier molecular flexibility index (Phi) is 4.67. The van der Waals surface area contributed by atoms with Gasteiger partial charge in [-0.3, -0.25) is 0 Å². The van der Waals surface area contributed by atoms with Gasteiger partial charge in [0.15, 0.2) is 5.82 Å². The minimum absolute atomic E-state index is 0.0421. The molecule has 1 aromatic heterocycles. The van der Waals surface area contributed by atoms with E-state index < -0.39 is 9.84 Å².